The predicted molar refractivity (Wildman–Crippen MR) is 99.5 cm³/mol. The number of hydrogen-bond acceptors (Lipinski definition) is 6. The number of nitrogens with zero attached hydrogens (tertiary/aromatic N) is 1. The normalized spacial score (nSPS) is 11.7. The van der Waals surface area contributed by atoms with Gasteiger partial charge in [-0.25, -0.2) is 9.18 Å². The quantitative estimate of drug-likeness (QED) is 0.570. The molecule has 0 spiro atoms. The SMILES string of the molecule is Cc1cc(NC(=O)NCC(C)O)c(COc2nscc2C(N)=O)c(C)c1F. The van der Waals surface area contributed by atoms with Gasteiger partial charge in [-0.3, -0.25) is 4.79 Å². The highest BCUT2D eigenvalue weighted by molar-refractivity contribution is 7.04. The van der Waals surface area contributed by atoms with E-state index in [1.165, 1.54) is 18.4 Å². The van der Waals surface area contributed by atoms with Crippen molar-refractivity contribution in [3.05, 3.63) is 39.5 Å². The van der Waals surface area contributed by atoms with Gasteiger partial charge in [0.1, 0.15) is 18.0 Å². The van der Waals surface area contributed by atoms with Crippen LogP contribution in [-0.4, -0.2) is 34.1 Å². The van der Waals surface area contributed by atoms with Crippen LogP contribution < -0.4 is 21.1 Å². The van der Waals surface area contributed by atoms with E-state index in [1.807, 2.05) is 0 Å². The van der Waals surface area contributed by atoms with Gasteiger partial charge in [0.05, 0.1) is 6.10 Å². The van der Waals surface area contributed by atoms with Crippen LogP contribution in [0.25, 0.3) is 0 Å². The Labute approximate surface area is 159 Å². The molecule has 0 saturated heterocycles. The minimum Gasteiger partial charge on any atom is -0.472 e. The number of carbonyl (C=O) groups excluding carboxylic acids is 2. The molecule has 0 saturated carbocycles. The molecule has 10 heteroatoms. The molecule has 1 aromatic heterocycles. The third kappa shape index (κ3) is 5.14. The van der Waals surface area contributed by atoms with Crippen molar-refractivity contribution in [2.75, 3.05) is 11.9 Å². The van der Waals surface area contributed by atoms with Crippen LogP contribution in [0.1, 0.15) is 34.0 Å². The summed E-state index contributed by atoms with van der Waals surface area (Å²) in [5, 5.41) is 15.8. The molecule has 0 radical (unpaired) electrons. The molecule has 1 atom stereocenters. The van der Waals surface area contributed by atoms with Crippen LogP contribution >= 0.6 is 11.5 Å². The number of nitrogens with one attached hydrogen (secondary N) is 2. The number of urea groups is 1. The van der Waals surface area contributed by atoms with Gasteiger partial charge >= 0.3 is 6.03 Å². The van der Waals surface area contributed by atoms with Gasteiger partial charge in [-0.15, -0.1) is 0 Å². The largest absolute Gasteiger partial charge is 0.472 e. The second-order valence-corrected chi connectivity index (χ2v) is 6.66. The van der Waals surface area contributed by atoms with E-state index >= 15 is 0 Å². The molecule has 0 bridgehead atoms. The van der Waals surface area contributed by atoms with Crippen LogP contribution in [0.2, 0.25) is 0 Å². The number of aryl methyl sites for hydroxylation is 1. The van der Waals surface area contributed by atoms with Crippen LogP contribution in [0, 0.1) is 19.7 Å². The molecule has 3 amide bonds. The molecule has 0 aliphatic heterocycles. The van der Waals surface area contributed by atoms with Gasteiger partial charge in [-0.2, -0.15) is 4.37 Å². The van der Waals surface area contributed by atoms with Gasteiger partial charge in [0.2, 0.25) is 5.88 Å². The molecule has 1 unspecified atom stereocenters. The maximum absolute atomic E-state index is 14.3. The molecular formula is C17H21FN4O4S. The second kappa shape index (κ2) is 8.78. The summed E-state index contributed by atoms with van der Waals surface area (Å²) in [6.07, 6.45) is -0.702. The Bertz CT molecular complexity index is 854. The highest BCUT2D eigenvalue weighted by Gasteiger charge is 2.18. The van der Waals surface area contributed by atoms with Crippen molar-refractivity contribution in [1.82, 2.24) is 9.69 Å². The average Bonchev–Trinajstić information content (AvgIpc) is 3.06. The number of aromatic nitrogens is 1. The topological polar surface area (TPSA) is 127 Å². The van der Waals surface area contributed by atoms with Gasteiger partial charge in [-0.05, 0) is 49.5 Å². The number of halogens is 1. The Balaban J connectivity index is 2.25. The molecule has 5 N–H and O–H groups in total. The lowest BCUT2D eigenvalue weighted by atomic mass is 10.0. The molecule has 0 fully saturated rings. The first-order chi connectivity index (χ1) is 12.7. The summed E-state index contributed by atoms with van der Waals surface area (Å²) < 4.78 is 23.8. The number of ether oxygens (including phenoxy) is 1. The lowest BCUT2D eigenvalue weighted by Crippen LogP contribution is -2.34. The lowest BCUT2D eigenvalue weighted by Gasteiger charge is -2.17. The summed E-state index contributed by atoms with van der Waals surface area (Å²) in [5.41, 5.74) is 6.80. The van der Waals surface area contributed by atoms with Gasteiger partial charge in [0, 0.05) is 23.2 Å². The number of primary amides is 1. The summed E-state index contributed by atoms with van der Waals surface area (Å²) in [7, 11) is 0. The van der Waals surface area contributed by atoms with Crippen LogP contribution in [0.5, 0.6) is 5.88 Å². The number of anilines is 1. The zero-order valence-corrected chi connectivity index (χ0v) is 15.9. The van der Waals surface area contributed by atoms with Gasteiger partial charge in [-0.1, -0.05) is 0 Å². The van der Waals surface area contributed by atoms with Crippen LogP contribution in [0.3, 0.4) is 0 Å². The Kier molecular flexibility index (Phi) is 6.70. The minimum absolute atomic E-state index is 0.0531. The maximum atomic E-state index is 14.3. The fraction of sp³-hybridized carbons (Fsp3) is 0.353. The molecule has 2 aromatic rings. The van der Waals surface area contributed by atoms with Crippen molar-refractivity contribution >= 4 is 29.2 Å². The van der Waals surface area contributed by atoms with Gasteiger partial charge in [0.15, 0.2) is 0 Å². The standard InChI is InChI=1S/C17H21FN4O4S/c1-8-4-13(21-17(25)20-5-9(2)23)11(10(3)14(8)18)6-26-16-12(15(19)24)7-27-22-16/h4,7,9,23H,5-6H2,1-3H3,(H2,19,24)(H2,20,21,25). The average molecular weight is 396 g/mol. The molecule has 1 aromatic carbocycles. The highest BCUT2D eigenvalue weighted by atomic mass is 32.1. The van der Waals surface area contributed by atoms with Crippen molar-refractivity contribution in [3.8, 4) is 5.88 Å². The Morgan fingerprint density at radius 2 is 2.15 bits per heavy atom. The van der Waals surface area contributed by atoms with Gasteiger partial charge in [0.25, 0.3) is 5.91 Å². The summed E-state index contributed by atoms with van der Waals surface area (Å²) >= 11 is 1.01. The number of nitrogens with two attached hydrogens (primary N) is 1. The summed E-state index contributed by atoms with van der Waals surface area (Å²) in [5.74, 6) is -1.05. The first-order valence-corrected chi connectivity index (χ1v) is 8.92. The molecule has 0 aliphatic carbocycles. The first-order valence-electron chi connectivity index (χ1n) is 8.09. The number of carbonyl (C=O) groups is 2. The molecule has 1 heterocycles. The van der Waals surface area contributed by atoms with E-state index in [2.05, 4.69) is 15.0 Å². The van der Waals surface area contributed by atoms with E-state index < -0.39 is 23.9 Å². The number of benzene rings is 1. The van der Waals surface area contributed by atoms with Crippen LogP contribution in [0.4, 0.5) is 14.9 Å². The highest BCUT2D eigenvalue weighted by Crippen LogP contribution is 2.28. The fourth-order valence-electron chi connectivity index (χ4n) is 2.34. The Morgan fingerprint density at radius 3 is 2.78 bits per heavy atom. The zero-order chi connectivity index (χ0) is 20.1. The predicted octanol–water partition coefficient (Wildman–Crippen LogP) is 2.08. The third-order valence-electron chi connectivity index (χ3n) is 3.78. The second-order valence-electron chi connectivity index (χ2n) is 6.03. The van der Waals surface area contributed by atoms with Crippen LogP contribution in [-0.2, 0) is 6.61 Å². The summed E-state index contributed by atoms with van der Waals surface area (Å²) in [6.45, 7) is 4.63. The summed E-state index contributed by atoms with van der Waals surface area (Å²) in [6, 6.07) is 0.938. The van der Waals surface area contributed by atoms with E-state index in [0.29, 0.717) is 22.4 Å². The molecule has 2 rings (SSSR count). The van der Waals surface area contributed by atoms with E-state index in [1.54, 1.807) is 13.8 Å². The number of amides is 3. The molecule has 0 aliphatic rings. The first kappa shape index (κ1) is 20.6. The smallest absolute Gasteiger partial charge is 0.319 e. The van der Waals surface area contributed by atoms with Crippen molar-refractivity contribution in [3.63, 3.8) is 0 Å². The third-order valence-corrected chi connectivity index (χ3v) is 4.39. The molecule has 27 heavy (non-hydrogen) atoms. The Hall–Kier alpha value is -2.72. The fourth-order valence-corrected chi connectivity index (χ4v) is 2.96. The monoisotopic (exact) mass is 396 g/mol. The van der Waals surface area contributed by atoms with Crippen LogP contribution in [0.15, 0.2) is 11.4 Å². The van der Waals surface area contributed by atoms with E-state index in [4.69, 9.17) is 10.5 Å². The lowest BCUT2D eigenvalue weighted by molar-refractivity contribution is 0.0996. The molecule has 8 nitrogen and oxygen atoms in total. The number of hydrogen-bond donors (Lipinski definition) is 4. The molecule has 146 valence electrons. The van der Waals surface area contributed by atoms with E-state index in [9.17, 15) is 19.1 Å². The number of aliphatic hydroxyl groups is 1. The molecular weight excluding hydrogens is 375 g/mol. The minimum atomic E-state index is -0.702. The van der Waals surface area contributed by atoms with Crippen molar-refractivity contribution in [2.24, 2.45) is 5.73 Å². The van der Waals surface area contributed by atoms with Crippen molar-refractivity contribution in [2.45, 2.75) is 33.5 Å². The summed E-state index contributed by atoms with van der Waals surface area (Å²) in [4.78, 5) is 23.4. The Morgan fingerprint density at radius 1 is 1.44 bits per heavy atom. The van der Waals surface area contributed by atoms with Crippen molar-refractivity contribution < 1.29 is 23.8 Å². The van der Waals surface area contributed by atoms with Gasteiger partial charge < -0.3 is 26.2 Å². The zero-order valence-electron chi connectivity index (χ0n) is 15.1. The maximum Gasteiger partial charge on any atom is 0.319 e. The number of aliphatic hydroxyl groups excluding tert-OH is 1. The number of rotatable bonds is 7. The van der Waals surface area contributed by atoms with Crippen molar-refractivity contribution in [1.29, 1.82) is 0 Å². The van der Waals surface area contributed by atoms with E-state index in [-0.39, 0.29) is 24.6 Å². The van der Waals surface area contributed by atoms with E-state index in [0.717, 1.165) is 11.5 Å².